The van der Waals surface area contributed by atoms with E-state index < -0.39 is 11.9 Å². The number of methoxy groups -OCH3 is 2. The molecular formula is C17H20F3N3O2. The fourth-order valence-corrected chi connectivity index (χ4v) is 2.37. The van der Waals surface area contributed by atoms with Gasteiger partial charge in [-0.1, -0.05) is 0 Å². The van der Waals surface area contributed by atoms with Crippen LogP contribution in [0.25, 0.3) is 11.3 Å². The van der Waals surface area contributed by atoms with Crippen LogP contribution >= 0.6 is 0 Å². The number of hydrogen-bond donors (Lipinski definition) is 0. The van der Waals surface area contributed by atoms with E-state index in [1.54, 1.807) is 23.1 Å². The van der Waals surface area contributed by atoms with Gasteiger partial charge in [-0.25, -0.2) is 9.97 Å². The van der Waals surface area contributed by atoms with E-state index in [1.165, 1.54) is 14.2 Å². The molecule has 0 aliphatic heterocycles. The Labute approximate surface area is 144 Å². The van der Waals surface area contributed by atoms with Gasteiger partial charge in [-0.2, -0.15) is 13.2 Å². The smallest absolute Gasteiger partial charge is 0.433 e. The highest BCUT2D eigenvalue weighted by atomic mass is 19.4. The first-order valence-electron chi connectivity index (χ1n) is 7.77. The van der Waals surface area contributed by atoms with E-state index in [0.29, 0.717) is 30.2 Å². The monoisotopic (exact) mass is 355 g/mol. The number of alkyl halides is 3. The lowest BCUT2D eigenvalue weighted by Crippen LogP contribution is -2.25. The molecule has 2 aromatic rings. The molecular weight excluding hydrogens is 335 g/mol. The van der Waals surface area contributed by atoms with E-state index in [2.05, 4.69) is 9.97 Å². The van der Waals surface area contributed by atoms with Crippen LogP contribution in [0.5, 0.6) is 11.5 Å². The van der Waals surface area contributed by atoms with E-state index in [9.17, 15) is 13.2 Å². The molecule has 0 saturated carbocycles. The summed E-state index contributed by atoms with van der Waals surface area (Å²) in [5, 5.41) is 0. The standard InChI is InChI=1S/C17H20F3N3O2/c1-5-23(6-2)16-21-12(10-15(22-16)17(18,19)20)11-7-8-13(24-3)14(9-11)25-4/h7-10H,5-6H2,1-4H3. The summed E-state index contributed by atoms with van der Waals surface area (Å²) in [5.41, 5.74) is -0.321. The predicted molar refractivity (Wildman–Crippen MR) is 89.1 cm³/mol. The van der Waals surface area contributed by atoms with Crippen LogP contribution in [-0.2, 0) is 6.18 Å². The average molecular weight is 355 g/mol. The minimum Gasteiger partial charge on any atom is -0.493 e. The van der Waals surface area contributed by atoms with Crippen molar-refractivity contribution in [3.05, 3.63) is 30.0 Å². The molecule has 2 rings (SSSR count). The second-order valence-electron chi connectivity index (χ2n) is 5.18. The zero-order valence-corrected chi connectivity index (χ0v) is 14.5. The highest BCUT2D eigenvalue weighted by molar-refractivity contribution is 5.65. The minimum atomic E-state index is -4.56. The summed E-state index contributed by atoms with van der Waals surface area (Å²) in [6, 6.07) is 5.79. The van der Waals surface area contributed by atoms with Crippen LogP contribution in [0.4, 0.5) is 19.1 Å². The molecule has 0 aliphatic rings. The van der Waals surface area contributed by atoms with Crippen LogP contribution in [0.1, 0.15) is 19.5 Å². The third-order valence-corrected chi connectivity index (χ3v) is 3.73. The Bertz CT molecular complexity index is 732. The van der Waals surface area contributed by atoms with Crippen LogP contribution in [0.15, 0.2) is 24.3 Å². The molecule has 0 bridgehead atoms. The summed E-state index contributed by atoms with van der Waals surface area (Å²) in [4.78, 5) is 9.66. The molecule has 0 saturated heterocycles. The lowest BCUT2D eigenvalue weighted by atomic mass is 10.1. The van der Waals surface area contributed by atoms with Gasteiger partial charge < -0.3 is 14.4 Å². The number of hydrogen-bond acceptors (Lipinski definition) is 5. The van der Waals surface area contributed by atoms with Crippen molar-refractivity contribution in [2.75, 3.05) is 32.2 Å². The first kappa shape index (κ1) is 18.8. The summed E-state index contributed by atoms with van der Waals surface area (Å²) >= 11 is 0. The van der Waals surface area contributed by atoms with Gasteiger partial charge in [-0.05, 0) is 38.1 Å². The Morgan fingerprint density at radius 1 is 0.960 bits per heavy atom. The molecule has 0 amide bonds. The molecule has 25 heavy (non-hydrogen) atoms. The van der Waals surface area contributed by atoms with Crippen molar-refractivity contribution in [1.29, 1.82) is 0 Å². The van der Waals surface area contributed by atoms with E-state index in [1.807, 2.05) is 13.8 Å². The van der Waals surface area contributed by atoms with E-state index >= 15 is 0 Å². The Hall–Kier alpha value is -2.51. The quantitative estimate of drug-likeness (QED) is 0.783. The fraction of sp³-hybridized carbons (Fsp3) is 0.412. The second-order valence-corrected chi connectivity index (χ2v) is 5.18. The molecule has 1 aromatic carbocycles. The molecule has 0 radical (unpaired) electrons. The number of anilines is 1. The molecule has 1 heterocycles. The molecule has 0 atom stereocenters. The Morgan fingerprint density at radius 2 is 1.60 bits per heavy atom. The van der Waals surface area contributed by atoms with Crippen molar-refractivity contribution in [2.24, 2.45) is 0 Å². The number of halogens is 3. The average Bonchev–Trinajstić information content (AvgIpc) is 2.61. The molecule has 0 aliphatic carbocycles. The number of nitrogens with zero attached hydrogens (tertiary/aromatic N) is 3. The summed E-state index contributed by atoms with van der Waals surface area (Å²) in [7, 11) is 2.95. The molecule has 0 fully saturated rings. The fourth-order valence-electron chi connectivity index (χ4n) is 2.37. The van der Waals surface area contributed by atoms with Crippen molar-refractivity contribution in [3.63, 3.8) is 0 Å². The van der Waals surface area contributed by atoms with Crippen molar-refractivity contribution >= 4 is 5.95 Å². The minimum absolute atomic E-state index is 0.0459. The van der Waals surface area contributed by atoms with Crippen LogP contribution in [0.2, 0.25) is 0 Å². The second kappa shape index (κ2) is 7.58. The van der Waals surface area contributed by atoms with Crippen molar-refractivity contribution in [2.45, 2.75) is 20.0 Å². The Balaban J connectivity index is 2.62. The van der Waals surface area contributed by atoms with Crippen LogP contribution in [0, 0.1) is 0 Å². The summed E-state index contributed by atoms with van der Waals surface area (Å²) in [6.07, 6.45) is -4.56. The third kappa shape index (κ3) is 4.12. The zero-order chi connectivity index (χ0) is 18.6. The third-order valence-electron chi connectivity index (χ3n) is 3.73. The first-order valence-corrected chi connectivity index (χ1v) is 7.77. The zero-order valence-electron chi connectivity index (χ0n) is 14.5. The van der Waals surface area contributed by atoms with E-state index in [0.717, 1.165) is 6.07 Å². The predicted octanol–water partition coefficient (Wildman–Crippen LogP) is 4.03. The van der Waals surface area contributed by atoms with Gasteiger partial charge in [0.2, 0.25) is 5.95 Å². The van der Waals surface area contributed by atoms with Gasteiger partial charge >= 0.3 is 6.18 Å². The lowest BCUT2D eigenvalue weighted by Gasteiger charge is -2.20. The highest BCUT2D eigenvalue weighted by Gasteiger charge is 2.34. The molecule has 8 heteroatoms. The first-order chi connectivity index (χ1) is 11.8. The van der Waals surface area contributed by atoms with E-state index in [-0.39, 0.29) is 11.6 Å². The Kier molecular flexibility index (Phi) is 5.71. The van der Waals surface area contributed by atoms with Gasteiger partial charge in [0.15, 0.2) is 17.2 Å². The van der Waals surface area contributed by atoms with Gasteiger partial charge in [-0.15, -0.1) is 0 Å². The van der Waals surface area contributed by atoms with Crippen molar-refractivity contribution in [1.82, 2.24) is 9.97 Å². The molecule has 136 valence electrons. The maximum absolute atomic E-state index is 13.2. The van der Waals surface area contributed by atoms with Crippen LogP contribution < -0.4 is 14.4 Å². The topological polar surface area (TPSA) is 47.5 Å². The van der Waals surface area contributed by atoms with Gasteiger partial charge in [-0.3, -0.25) is 0 Å². The summed E-state index contributed by atoms with van der Waals surface area (Å²) < 4.78 is 50.1. The molecule has 5 nitrogen and oxygen atoms in total. The molecule has 0 spiro atoms. The van der Waals surface area contributed by atoms with Gasteiger partial charge in [0, 0.05) is 18.7 Å². The number of benzene rings is 1. The van der Waals surface area contributed by atoms with E-state index in [4.69, 9.17) is 9.47 Å². The summed E-state index contributed by atoms with van der Waals surface area (Å²) in [6.45, 7) is 4.68. The van der Waals surface area contributed by atoms with Crippen LogP contribution in [-0.4, -0.2) is 37.3 Å². The van der Waals surface area contributed by atoms with Crippen molar-refractivity contribution in [3.8, 4) is 22.8 Å². The SMILES string of the molecule is CCN(CC)c1nc(-c2ccc(OC)c(OC)c2)cc(C(F)(F)F)n1. The lowest BCUT2D eigenvalue weighted by molar-refractivity contribution is -0.141. The molecule has 1 aromatic heterocycles. The molecule has 0 N–H and O–H groups in total. The maximum atomic E-state index is 13.2. The highest BCUT2D eigenvalue weighted by Crippen LogP contribution is 2.35. The normalized spacial score (nSPS) is 11.3. The number of ether oxygens (including phenoxy) is 2. The number of aromatic nitrogens is 2. The Morgan fingerprint density at radius 3 is 2.12 bits per heavy atom. The number of rotatable bonds is 6. The largest absolute Gasteiger partial charge is 0.493 e. The summed E-state index contributed by atoms with van der Waals surface area (Å²) in [5.74, 6) is 0.946. The van der Waals surface area contributed by atoms with Crippen LogP contribution in [0.3, 0.4) is 0 Å². The maximum Gasteiger partial charge on any atom is 0.433 e. The van der Waals surface area contributed by atoms with Gasteiger partial charge in [0.05, 0.1) is 19.9 Å². The van der Waals surface area contributed by atoms with Gasteiger partial charge in [0.1, 0.15) is 0 Å². The van der Waals surface area contributed by atoms with Gasteiger partial charge in [0.25, 0.3) is 0 Å². The molecule has 0 unspecified atom stereocenters. The van der Waals surface area contributed by atoms with Crippen molar-refractivity contribution < 1.29 is 22.6 Å².